The minimum absolute atomic E-state index is 0.136. The first kappa shape index (κ1) is 22.2. The number of nitrogens with zero attached hydrogens (tertiary/aromatic N) is 1. The molecule has 3 aromatic rings. The topological polar surface area (TPSA) is 84.9 Å². The molecule has 0 saturated heterocycles. The number of amides is 3. The van der Waals surface area contributed by atoms with Gasteiger partial charge >= 0.3 is 0 Å². The van der Waals surface area contributed by atoms with Gasteiger partial charge in [-0.05, 0) is 48.1 Å². The van der Waals surface area contributed by atoms with Gasteiger partial charge in [0.2, 0.25) is 5.91 Å². The third-order valence-corrected chi connectivity index (χ3v) is 6.31. The van der Waals surface area contributed by atoms with Gasteiger partial charge in [-0.2, -0.15) is 0 Å². The number of rotatable bonds is 7. The van der Waals surface area contributed by atoms with E-state index in [-0.39, 0.29) is 30.7 Å². The summed E-state index contributed by atoms with van der Waals surface area (Å²) in [5.41, 5.74) is 1.98. The second kappa shape index (κ2) is 9.35. The molecule has 3 amide bonds. The van der Waals surface area contributed by atoms with E-state index in [2.05, 4.69) is 5.32 Å². The zero-order chi connectivity index (χ0) is 23.7. The number of nitrogens with one attached hydrogen (secondary N) is 1. The van der Waals surface area contributed by atoms with Crippen LogP contribution in [0.1, 0.15) is 39.1 Å². The molecule has 2 aliphatic heterocycles. The molecule has 0 aromatic heterocycles. The van der Waals surface area contributed by atoms with Crippen molar-refractivity contribution in [1.82, 2.24) is 10.2 Å². The molecule has 1 N–H and O–H groups in total. The first-order valence-electron chi connectivity index (χ1n) is 11.3. The molecule has 5 rings (SSSR count). The number of hydrogen-bond acceptors (Lipinski definition) is 5. The number of ether oxygens (including phenoxy) is 2. The predicted octanol–water partition coefficient (Wildman–Crippen LogP) is 4.00. The largest absolute Gasteiger partial charge is 0.486 e. The van der Waals surface area contributed by atoms with Crippen LogP contribution in [-0.2, 0) is 11.2 Å². The average Bonchev–Trinajstić information content (AvgIpc) is 2.84. The molecule has 174 valence electrons. The van der Waals surface area contributed by atoms with Gasteiger partial charge in [0, 0.05) is 36.0 Å². The van der Waals surface area contributed by atoms with Crippen LogP contribution in [0.3, 0.4) is 0 Å². The van der Waals surface area contributed by atoms with Crippen molar-refractivity contribution in [2.75, 3.05) is 26.3 Å². The van der Waals surface area contributed by atoms with Crippen LogP contribution in [-0.4, -0.2) is 48.9 Å². The summed E-state index contributed by atoms with van der Waals surface area (Å²) in [5, 5.41) is 4.94. The fourth-order valence-electron chi connectivity index (χ4n) is 4.42. The first-order valence-corrected chi connectivity index (χ1v) is 11.6. The van der Waals surface area contributed by atoms with Gasteiger partial charge in [-0.25, -0.2) is 0 Å². The molecular weight excluding hydrogens is 456 g/mol. The second-order valence-corrected chi connectivity index (χ2v) is 8.68. The Labute approximate surface area is 201 Å². The van der Waals surface area contributed by atoms with E-state index < -0.39 is 0 Å². The Balaban J connectivity index is 1.13. The molecule has 3 aromatic carbocycles. The molecule has 2 heterocycles. The van der Waals surface area contributed by atoms with Crippen LogP contribution in [0.4, 0.5) is 0 Å². The molecule has 0 fully saturated rings. The standard InChI is InChI=1S/C26H23ClN2O5/c27-20-14-16(15-21-24(20)34-13-12-33-21)9-10-28-22(30)8-3-11-29-25(31)18-6-1-4-17-5-2-7-19(23(17)18)26(29)32/h1-2,4-7,14-15H,3,8-13H2,(H,28,30). The van der Waals surface area contributed by atoms with Gasteiger partial charge in [-0.15, -0.1) is 0 Å². The fraction of sp³-hybridized carbons (Fsp3) is 0.269. The molecule has 0 spiro atoms. The van der Waals surface area contributed by atoms with Crippen LogP contribution in [0, 0.1) is 0 Å². The smallest absolute Gasteiger partial charge is 0.261 e. The van der Waals surface area contributed by atoms with E-state index in [1.165, 1.54) is 4.90 Å². The van der Waals surface area contributed by atoms with E-state index in [1.54, 1.807) is 12.1 Å². The van der Waals surface area contributed by atoms with Gasteiger partial charge in [-0.1, -0.05) is 35.9 Å². The summed E-state index contributed by atoms with van der Waals surface area (Å²) in [6, 6.07) is 14.6. The molecule has 0 radical (unpaired) electrons. The molecule has 0 atom stereocenters. The lowest BCUT2D eigenvalue weighted by Crippen LogP contribution is -2.41. The summed E-state index contributed by atoms with van der Waals surface area (Å²) in [6.45, 7) is 1.57. The Morgan fingerprint density at radius 3 is 2.44 bits per heavy atom. The highest BCUT2D eigenvalue weighted by atomic mass is 35.5. The number of carbonyl (C=O) groups excluding carboxylic acids is 3. The van der Waals surface area contributed by atoms with E-state index in [9.17, 15) is 14.4 Å². The number of hydrogen-bond donors (Lipinski definition) is 1. The minimum Gasteiger partial charge on any atom is -0.486 e. The van der Waals surface area contributed by atoms with Crippen molar-refractivity contribution in [3.8, 4) is 11.5 Å². The SMILES string of the molecule is O=C(CCCN1C(=O)c2cccc3cccc(c23)C1=O)NCCc1cc(Cl)c2c(c1)OCCO2. The maximum atomic E-state index is 12.9. The third-order valence-electron chi connectivity index (χ3n) is 6.03. The zero-order valence-electron chi connectivity index (χ0n) is 18.4. The number of carbonyl (C=O) groups is 3. The lowest BCUT2D eigenvalue weighted by atomic mass is 9.94. The number of fused-ring (bicyclic) bond motifs is 1. The average molecular weight is 479 g/mol. The van der Waals surface area contributed by atoms with Crippen molar-refractivity contribution >= 4 is 40.1 Å². The van der Waals surface area contributed by atoms with Crippen LogP contribution in [0.2, 0.25) is 5.02 Å². The van der Waals surface area contributed by atoms with Gasteiger partial charge in [0.05, 0.1) is 5.02 Å². The molecule has 0 aliphatic carbocycles. The van der Waals surface area contributed by atoms with Gasteiger partial charge in [0.15, 0.2) is 11.5 Å². The van der Waals surface area contributed by atoms with Crippen LogP contribution < -0.4 is 14.8 Å². The Morgan fingerprint density at radius 1 is 1.00 bits per heavy atom. The molecule has 0 unspecified atom stereocenters. The second-order valence-electron chi connectivity index (χ2n) is 8.28. The normalized spacial score (nSPS) is 14.4. The predicted molar refractivity (Wildman–Crippen MR) is 128 cm³/mol. The van der Waals surface area contributed by atoms with Gasteiger partial charge in [-0.3, -0.25) is 19.3 Å². The molecule has 0 saturated carbocycles. The summed E-state index contributed by atoms with van der Waals surface area (Å²) in [7, 11) is 0. The van der Waals surface area contributed by atoms with Crippen molar-refractivity contribution in [3.63, 3.8) is 0 Å². The van der Waals surface area contributed by atoms with Crippen molar-refractivity contribution in [2.45, 2.75) is 19.3 Å². The maximum absolute atomic E-state index is 12.9. The minimum atomic E-state index is -0.315. The van der Waals surface area contributed by atoms with Gasteiger partial charge < -0.3 is 14.8 Å². The fourth-order valence-corrected chi connectivity index (χ4v) is 4.71. The lowest BCUT2D eigenvalue weighted by Gasteiger charge is -2.27. The highest BCUT2D eigenvalue weighted by Gasteiger charge is 2.32. The highest BCUT2D eigenvalue weighted by molar-refractivity contribution is 6.32. The van der Waals surface area contributed by atoms with Crippen molar-refractivity contribution in [2.24, 2.45) is 0 Å². The summed E-state index contributed by atoms with van der Waals surface area (Å²) in [6.07, 6.45) is 1.19. The van der Waals surface area contributed by atoms with Gasteiger partial charge in [0.1, 0.15) is 13.2 Å². The van der Waals surface area contributed by atoms with E-state index in [4.69, 9.17) is 21.1 Å². The summed E-state index contributed by atoms with van der Waals surface area (Å²) >= 11 is 6.26. The quantitative estimate of drug-likeness (QED) is 0.519. The zero-order valence-corrected chi connectivity index (χ0v) is 19.2. The molecule has 8 heteroatoms. The van der Waals surface area contributed by atoms with E-state index in [0.29, 0.717) is 65.6 Å². The maximum Gasteiger partial charge on any atom is 0.261 e. The molecule has 0 bridgehead atoms. The number of halogens is 1. The third kappa shape index (κ3) is 4.19. The molecular formula is C26H23ClN2O5. The Morgan fingerprint density at radius 2 is 1.71 bits per heavy atom. The van der Waals surface area contributed by atoms with Crippen LogP contribution >= 0.6 is 11.6 Å². The molecule has 7 nitrogen and oxygen atoms in total. The lowest BCUT2D eigenvalue weighted by molar-refractivity contribution is -0.121. The first-order chi connectivity index (χ1) is 16.5. The summed E-state index contributed by atoms with van der Waals surface area (Å²) < 4.78 is 11.1. The van der Waals surface area contributed by atoms with Crippen LogP contribution in [0.15, 0.2) is 48.5 Å². The van der Waals surface area contributed by atoms with E-state index >= 15 is 0 Å². The van der Waals surface area contributed by atoms with Crippen molar-refractivity contribution in [3.05, 3.63) is 70.2 Å². The molecule has 34 heavy (non-hydrogen) atoms. The van der Waals surface area contributed by atoms with E-state index in [1.807, 2.05) is 36.4 Å². The highest BCUT2D eigenvalue weighted by Crippen LogP contribution is 2.38. The Kier molecular flexibility index (Phi) is 6.11. The molecule has 2 aliphatic rings. The van der Waals surface area contributed by atoms with Crippen molar-refractivity contribution < 1.29 is 23.9 Å². The summed E-state index contributed by atoms with van der Waals surface area (Å²) in [5.74, 6) is 0.410. The number of benzene rings is 3. The number of imide groups is 1. The summed E-state index contributed by atoms with van der Waals surface area (Å²) in [4.78, 5) is 39.4. The van der Waals surface area contributed by atoms with Crippen LogP contribution in [0.5, 0.6) is 11.5 Å². The van der Waals surface area contributed by atoms with E-state index in [0.717, 1.165) is 10.9 Å². The van der Waals surface area contributed by atoms with Crippen molar-refractivity contribution in [1.29, 1.82) is 0 Å². The Bertz CT molecular complexity index is 1260. The van der Waals surface area contributed by atoms with Crippen LogP contribution in [0.25, 0.3) is 10.8 Å². The van der Waals surface area contributed by atoms with Gasteiger partial charge in [0.25, 0.3) is 11.8 Å². The Hall–Kier alpha value is -3.58. The monoisotopic (exact) mass is 478 g/mol.